The number of rotatable bonds is 6. The molecule has 0 amide bonds. The molecule has 138 valence electrons. The SMILES string of the molecule is COc1ccc(C(=O)C2CCN(Cc3cc(F)ccc3OC)CC2)cc1. The van der Waals surface area contributed by atoms with Gasteiger partial charge in [0.25, 0.3) is 0 Å². The standard InChI is InChI=1S/C21H24FNO3/c1-25-19-6-3-15(4-7-19)21(24)16-9-11-23(12-10-16)14-17-13-18(22)5-8-20(17)26-2/h3-8,13,16H,9-12,14H2,1-2H3. The third-order valence-electron chi connectivity index (χ3n) is 4.97. The number of methoxy groups -OCH3 is 2. The van der Waals surface area contributed by atoms with E-state index in [9.17, 15) is 9.18 Å². The summed E-state index contributed by atoms with van der Waals surface area (Å²) in [5.74, 6) is 1.42. The van der Waals surface area contributed by atoms with Crippen LogP contribution in [0.3, 0.4) is 0 Å². The van der Waals surface area contributed by atoms with Gasteiger partial charge in [-0.25, -0.2) is 4.39 Å². The van der Waals surface area contributed by atoms with Crippen molar-refractivity contribution in [2.24, 2.45) is 5.92 Å². The summed E-state index contributed by atoms with van der Waals surface area (Å²) in [6.45, 7) is 2.25. The highest BCUT2D eigenvalue weighted by Crippen LogP contribution is 2.26. The molecular weight excluding hydrogens is 333 g/mol. The first-order valence-corrected chi connectivity index (χ1v) is 8.83. The van der Waals surface area contributed by atoms with Crippen LogP contribution in [0.2, 0.25) is 0 Å². The van der Waals surface area contributed by atoms with Gasteiger partial charge in [0.15, 0.2) is 5.78 Å². The third kappa shape index (κ3) is 4.22. The molecule has 1 aliphatic rings. The normalized spacial score (nSPS) is 15.7. The molecule has 26 heavy (non-hydrogen) atoms. The Balaban J connectivity index is 1.58. The first-order valence-electron chi connectivity index (χ1n) is 8.83. The van der Waals surface area contributed by atoms with Crippen LogP contribution < -0.4 is 9.47 Å². The van der Waals surface area contributed by atoms with E-state index in [0.29, 0.717) is 12.3 Å². The van der Waals surface area contributed by atoms with Crippen LogP contribution in [0, 0.1) is 11.7 Å². The minimum Gasteiger partial charge on any atom is -0.497 e. The Morgan fingerprint density at radius 3 is 2.38 bits per heavy atom. The van der Waals surface area contributed by atoms with Crippen molar-refractivity contribution < 1.29 is 18.7 Å². The van der Waals surface area contributed by atoms with Crippen molar-refractivity contribution in [1.82, 2.24) is 4.90 Å². The van der Waals surface area contributed by atoms with E-state index in [1.54, 1.807) is 20.3 Å². The summed E-state index contributed by atoms with van der Waals surface area (Å²) in [7, 11) is 3.21. The number of halogens is 1. The summed E-state index contributed by atoms with van der Waals surface area (Å²) in [6, 6.07) is 11.9. The van der Waals surface area contributed by atoms with Crippen LogP contribution >= 0.6 is 0 Å². The van der Waals surface area contributed by atoms with E-state index in [4.69, 9.17) is 9.47 Å². The fourth-order valence-corrected chi connectivity index (χ4v) is 3.46. The number of ketones is 1. The number of benzene rings is 2. The summed E-state index contributed by atoms with van der Waals surface area (Å²) in [5, 5.41) is 0. The second-order valence-electron chi connectivity index (χ2n) is 6.60. The molecule has 0 radical (unpaired) electrons. The molecule has 4 nitrogen and oxygen atoms in total. The fraction of sp³-hybridized carbons (Fsp3) is 0.381. The number of likely N-dealkylation sites (tertiary alicyclic amines) is 1. The maximum absolute atomic E-state index is 13.5. The second-order valence-corrected chi connectivity index (χ2v) is 6.60. The number of carbonyl (C=O) groups is 1. The lowest BCUT2D eigenvalue weighted by Crippen LogP contribution is -2.36. The zero-order valence-electron chi connectivity index (χ0n) is 15.2. The molecule has 1 fully saturated rings. The minimum atomic E-state index is -0.259. The Bertz CT molecular complexity index is 752. The molecule has 1 aliphatic heterocycles. The van der Waals surface area contributed by atoms with Gasteiger partial charge in [0, 0.05) is 23.6 Å². The van der Waals surface area contributed by atoms with Gasteiger partial charge >= 0.3 is 0 Å². The Hall–Kier alpha value is -2.40. The van der Waals surface area contributed by atoms with E-state index in [1.807, 2.05) is 24.3 Å². The molecule has 0 atom stereocenters. The number of hydrogen-bond acceptors (Lipinski definition) is 4. The van der Waals surface area contributed by atoms with E-state index < -0.39 is 0 Å². The van der Waals surface area contributed by atoms with E-state index in [1.165, 1.54) is 12.1 Å². The zero-order valence-corrected chi connectivity index (χ0v) is 15.2. The van der Waals surface area contributed by atoms with Crippen molar-refractivity contribution in [3.05, 3.63) is 59.4 Å². The van der Waals surface area contributed by atoms with E-state index in [2.05, 4.69) is 4.90 Å². The minimum absolute atomic E-state index is 0.0362. The topological polar surface area (TPSA) is 38.8 Å². The van der Waals surface area contributed by atoms with Crippen molar-refractivity contribution in [3.8, 4) is 11.5 Å². The molecule has 0 saturated carbocycles. The molecular formula is C21H24FNO3. The summed E-state index contributed by atoms with van der Waals surface area (Å²) < 4.78 is 24.0. The lowest BCUT2D eigenvalue weighted by molar-refractivity contribution is 0.0834. The van der Waals surface area contributed by atoms with E-state index >= 15 is 0 Å². The Morgan fingerprint density at radius 2 is 1.77 bits per heavy atom. The van der Waals surface area contributed by atoms with Crippen LogP contribution in [0.4, 0.5) is 4.39 Å². The molecule has 5 heteroatoms. The third-order valence-corrected chi connectivity index (χ3v) is 4.97. The number of Topliss-reactive ketones (excluding diaryl/α,β-unsaturated/α-hetero) is 1. The predicted octanol–water partition coefficient (Wildman–Crippen LogP) is 3.94. The summed E-state index contributed by atoms with van der Waals surface area (Å²) in [6.07, 6.45) is 1.62. The molecule has 1 heterocycles. The monoisotopic (exact) mass is 357 g/mol. The fourth-order valence-electron chi connectivity index (χ4n) is 3.46. The summed E-state index contributed by atoms with van der Waals surface area (Å²) in [5.41, 5.74) is 1.57. The van der Waals surface area contributed by atoms with E-state index in [-0.39, 0.29) is 17.5 Å². The summed E-state index contributed by atoms with van der Waals surface area (Å²) >= 11 is 0. The average Bonchev–Trinajstić information content (AvgIpc) is 2.68. The van der Waals surface area contributed by atoms with Crippen LogP contribution in [0.15, 0.2) is 42.5 Å². The molecule has 2 aromatic carbocycles. The van der Waals surface area contributed by atoms with Crippen molar-refractivity contribution in [2.75, 3.05) is 27.3 Å². The molecule has 2 aromatic rings. The largest absolute Gasteiger partial charge is 0.497 e. The number of hydrogen-bond donors (Lipinski definition) is 0. The zero-order chi connectivity index (χ0) is 18.5. The van der Waals surface area contributed by atoms with Gasteiger partial charge in [-0.05, 0) is 68.4 Å². The van der Waals surface area contributed by atoms with Crippen molar-refractivity contribution >= 4 is 5.78 Å². The molecule has 0 unspecified atom stereocenters. The van der Waals surface area contributed by atoms with Gasteiger partial charge in [-0.3, -0.25) is 9.69 Å². The van der Waals surface area contributed by atoms with Gasteiger partial charge in [-0.1, -0.05) is 0 Å². The molecule has 0 bridgehead atoms. The first kappa shape index (κ1) is 18.4. The first-order chi connectivity index (χ1) is 12.6. The smallest absolute Gasteiger partial charge is 0.166 e. The van der Waals surface area contributed by atoms with Crippen LogP contribution in [0.25, 0.3) is 0 Å². The highest BCUT2D eigenvalue weighted by atomic mass is 19.1. The van der Waals surface area contributed by atoms with Crippen LogP contribution in [0.1, 0.15) is 28.8 Å². The molecule has 0 N–H and O–H groups in total. The summed E-state index contributed by atoms with van der Waals surface area (Å²) in [4.78, 5) is 14.9. The van der Waals surface area contributed by atoms with E-state index in [0.717, 1.165) is 42.8 Å². The molecule has 0 aromatic heterocycles. The van der Waals surface area contributed by atoms with Gasteiger partial charge < -0.3 is 9.47 Å². The molecule has 3 rings (SSSR count). The van der Waals surface area contributed by atoms with Crippen LogP contribution in [-0.2, 0) is 6.54 Å². The molecule has 0 aliphatic carbocycles. The molecule has 0 spiro atoms. The van der Waals surface area contributed by atoms with Gasteiger partial charge in [0.1, 0.15) is 17.3 Å². The Labute approximate surface area is 153 Å². The maximum atomic E-state index is 13.5. The van der Waals surface area contributed by atoms with Crippen LogP contribution in [0.5, 0.6) is 11.5 Å². The van der Waals surface area contributed by atoms with Crippen molar-refractivity contribution in [1.29, 1.82) is 0 Å². The lowest BCUT2D eigenvalue weighted by Gasteiger charge is -2.31. The molecule has 1 saturated heterocycles. The van der Waals surface area contributed by atoms with Crippen LogP contribution in [-0.4, -0.2) is 38.0 Å². The quantitative estimate of drug-likeness (QED) is 0.734. The second kappa shape index (κ2) is 8.32. The van der Waals surface area contributed by atoms with Crippen molar-refractivity contribution in [3.63, 3.8) is 0 Å². The highest BCUT2D eigenvalue weighted by Gasteiger charge is 2.26. The maximum Gasteiger partial charge on any atom is 0.166 e. The Morgan fingerprint density at radius 1 is 1.08 bits per heavy atom. The number of nitrogens with zero attached hydrogens (tertiary/aromatic N) is 1. The average molecular weight is 357 g/mol. The highest BCUT2D eigenvalue weighted by molar-refractivity contribution is 5.98. The predicted molar refractivity (Wildman–Crippen MR) is 98.3 cm³/mol. The van der Waals surface area contributed by atoms with Gasteiger partial charge in [0.05, 0.1) is 14.2 Å². The van der Waals surface area contributed by atoms with Gasteiger partial charge in [-0.2, -0.15) is 0 Å². The number of ether oxygens (including phenoxy) is 2. The Kier molecular flexibility index (Phi) is 5.89. The van der Waals surface area contributed by atoms with Crippen molar-refractivity contribution in [2.45, 2.75) is 19.4 Å². The lowest BCUT2D eigenvalue weighted by atomic mass is 9.88. The van der Waals surface area contributed by atoms with Gasteiger partial charge in [0.2, 0.25) is 0 Å². The number of piperidine rings is 1. The van der Waals surface area contributed by atoms with Gasteiger partial charge in [-0.15, -0.1) is 0 Å². The number of carbonyl (C=O) groups excluding carboxylic acids is 1.